The minimum Gasteiger partial charge on any atom is -0.462 e. The maximum atomic E-state index is 12.9. The van der Waals surface area contributed by atoms with Gasteiger partial charge in [0.15, 0.2) is 6.10 Å². The molecule has 0 N–H and O–H groups in total. The highest BCUT2D eigenvalue weighted by Crippen LogP contribution is 2.18. The molecule has 0 aromatic heterocycles. The summed E-state index contributed by atoms with van der Waals surface area (Å²) in [5.74, 6) is -0.859. The Morgan fingerprint density at radius 3 is 0.784 bits per heavy atom. The second kappa shape index (κ2) is 63.2. The Morgan fingerprint density at radius 1 is 0.270 bits per heavy atom. The predicted molar refractivity (Wildman–Crippen MR) is 321 cm³/mol. The number of carbonyl (C=O) groups excluding carboxylic acids is 3. The van der Waals surface area contributed by atoms with Crippen molar-refractivity contribution in [3.63, 3.8) is 0 Å². The molecule has 0 saturated carbocycles. The molecule has 74 heavy (non-hydrogen) atoms. The number of hydrogen-bond donors (Lipinski definition) is 0. The number of allylic oxidation sites excluding steroid dienone is 6. The van der Waals surface area contributed by atoms with Crippen LogP contribution in [0.2, 0.25) is 0 Å². The third-order valence-corrected chi connectivity index (χ3v) is 14.9. The summed E-state index contributed by atoms with van der Waals surface area (Å²) in [6, 6.07) is 0. The fraction of sp³-hybridized carbons (Fsp3) is 0.868. The average molecular weight is 1040 g/mol. The second-order valence-corrected chi connectivity index (χ2v) is 22.4. The van der Waals surface area contributed by atoms with Gasteiger partial charge in [-0.3, -0.25) is 14.4 Å². The Morgan fingerprint density at radius 2 is 0.486 bits per heavy atom. The summed E-state index contributed by atoms with van der Waals surface area (Å²) in [4.78, 5) is 38.4. The lowest BCUT2D eigenvalue weighted by Crippen LogP contribution is -2.30. The number of hydrogen-bond acceptors (Lipinski definition) is 6. The quantitative estimate of drug-likeness (QED) is 0.0261. The first-order valence-electron chi connectivity index (χ1n) is 33.0. The lowest BCUT2D eigenvalue weighted by Gasteiger charge is -2.18. The summed E-state index contributed by atoms with van der Waals surface area (Å²) < 4.78 is 17.0. The molecule has 6 heteroatoms. The van der Waals surface area contributed by atoms with Crippen LogP contribution in [0.25, 0.3) is 0 Å². The molecule has 0 radical (unpaired) electrons. The lowest BCUT2D eigenvalue weighted by atomic mass is 10.0. The van der Waals surface area contributed by atoms with Gasteiger partial charge in [0, 0.05) is 19.3 Å². The third kappa shape index (κ3) is 60.5. The fourth-order valence-corrected chi connectivity index (χ4v) is 9.88. The first kappa shape index (κ1) is 71.6. The summed E-state index contributed by atoms with van der Waals surface area (Å²) in [5, 5.41) is 0. The molecule has 0 aliphatic rings. The normalized spacial score (nSPS) is 12.2. The maximum absolute atomic E-state index is 12.9. The highest BCUT2D eigenvalue weighted by molar-refractivity contribution is 5.71. The third-order valence-electron chi connectivity index (χ3n) is 14.9. The standard InChI is InChI=1S/C68H126O6/c1-4-7-10-13-16-19-22-25-28-31-33-34-36-37-40-43-46-49-52-55-58-61-67(70)73-64-65(63-72-66(69)60-57-54-51-48-45-42-39-30-27-24-21-18-15-12-9-6-3)74-68(71)62-59-56-53-50-47-44-41-38-35-32-29-26-23-20-17-14-11-8-5-2/h17,20,26,29-30,39,65H,4-16,18-19,21-25,27-28,31-38,40-64H2,1-3H3/b20-17-,29-26-,39-30-. The van der Waals surface area contributed by atoms with Gasteiger partial charge in [0.2, 0.25) is 0 Å². The Bertz CT molecular complexity index is 1240. The van der Waals surface area contributed by atoms with Crippen LogP contribution in [0.15, 0.2) is 36.5 Å². The molecule has 0 spiro atoms. The molecule has 1 unspecified atom stereocenters. The van der Waals surface area contributed by atoms with E-state index in [1.807, 2.05) is 0 Å². The van der Waals surface area contributed by atoms with Crippen molar-refractivity contribution in [3.8, 4) is 0 Å². The van der Waals surface area contributed by atoms with E-state index in [1.54, 1.807) is 0 Å². The number of rotatable bonds is 61. The zero-order valence-electron chi connectivity index (χ0n) is 49.9. The van der Waals surface area contributed by atoms with E-state index in [0.717, 1.165) is 70.6 Å². The smallest absolute Gasteiger partial charge is 0.306 e. The van der Waals surface area contributed by atoms with Crippen LogP contribution in [0.1, 0.15) is 361 Å². The van der Waals surface area contributed by atoms with Crippen molar-refractivity contribution in [2.75, 3.05) is 13.2 Å². The first-order valence-corrected chi connectivity index (χ1v) is 33.0. The van der Waals surface area contributed by atoms with Crippen molar-refractivity contribution in [3.05, 3.63) is 36.5 Å². The van der Waals surface area contributed by atoms with Gasteiger partial charge in [0.25, 0.3) is 0 Å². The zero-order valence-corrected chi connectivity index (χ0v) is 49.9. The van der Waals surface area contributed by atoms with E-state index in [4.69, 9.17) is 14.2 Å². The summed E-state index contributed by atoms with van der Waals surface area (Å²) in [6.45, 7) is 6.67. The van der Waals surface area contributed by atoms with Crippen LogP contribution in [0, 0.1) is 0 Å². The number of esters is 3. The summed E-state index contributed by atoms with van der Waals surface area (Å²) in [7, 11) is 0. The first-order chi connectivity index (χ1) is 36.5. The van der Waals surface area contributed by atoms with Gasteiger partial charge < -0.3 is 14.2 Å². The van der Waals surface area contributed by atoms with Crippen LogP contribution in [0.3, 0.4) is 0 Å². The molecular formula is C68H126O6. The van der Waals surface area contributed by atoms with E-state index in [2.05, 4.69) is 57.2 Å². The van der Waals surface area contributed by atoms with Gasteiger partial charge in [-0.05, 0) is 77.0 Å². The SMILES string of the molecule is CCCCC/C=C\C/C=C\CCCCCCCCCCCC(=O)OC(COC(=O)CCCCCCC/C=C\CCCCCCCCC)COC(=O)CCCCCCCCCCCCCCCCCCCCCCC. The second-order valence-electron chi connectivity index (χ2n) is 22.4. The minimum absolute atomic E-state index is 0.0720. The monoisotopic (exact) mass is 1040 g/mol. The van der Waals surface area contributed by atoms with Gasteiger partial charge in [-0.1, -0.05) is 301 Å². The number of carbonyl (C=O) groups is 3. The van der Waals surface area contributed by atoms with Gasteiger partial charge in [0.1, 0.15) is 13.2 Å². The van der Waals surface area contributed by atoms with E-state index in [1.165, 1.54) is 250 Å². The van der Waals surface area contributed by atoms with Crippen LogP contribution >= 0.6 is 0 Å². The molecule has 0 aliphatic heterocycles. The highest BCUT2D eigenvalue weighted by atomic mass is 16.6. The van der Waals surface area contributed by atoms with Gasteiger partial charge in [-0.25, -0.2) is 0 Å². The Balaban J connectivity index is 4.32. The number of unbranched alkanes of at least 4 members (excludes halogenated alkanes) is 44. The Labute approximate surface area is 461 Å². The molecule has 0 bridgehead atoms. The van der Waals surface area contributed by atoms with Gasteiger partial charge in [-0.15, -0.1) is 0 Å². The molecular weight excluding hydrogens is 913 g/mol. The molecule has 0 rings (SSSR count). The number of ether oxygens (including phenoxy) is 3. The van der Waals surface area contributed by atoms with Crippen molar-refractivity contribution in [2.45, 2.75) is 367 Å². The topological polar surface area (TPSA) is 78.9 Å². The fourth-order valence-electron chi connectivity index (χ4n) is 9.88. The summed E-state index contributed by atoms with van der Waals surface area (Å²) >= 11 is 0. The zero-order chi connectivity index (χ0) is 53.6. The minimum atomic E-state index is -0.776. The molecule has 1 atom stereocenters. The molecule has 0 fully saturated rings. The molecule has 0 aromatic rings. The predicted octanol–water partition coefficient (Wildman–Crippen LogP) is 22.4. The maximum Gasteiger partial charge on any atom is 0.306 e. The van der Waals surface area contributed by atoms with Crippen molar-refractivity contribution in [1.82, 2.24) is 0 Å². The van der Waals surface area contributed by atoms with Crippen molar-refractivity contribution in [1.29, 1.82) is 0 Å². The Kier molecular flexibility index (Phi) is 61.1. The Hall–Kier alpha value is -2.37. The molecule has 434 valence electrons. The largest absolute Gasteiger partial charge is 0.462 e. The average Bonchev–Trinajstić information content (AvgIpc) is 3.40. The highest BCUT2D eigenvalue weighted by Gasteiger charge is 2.19. The molecule has 0 heterocycles. The van der Waals surface area contributed by atoms with Crippen LogP contribution in [-0.2, 0) is 28.6 Å². The van der Waals surface area contributed by atoms with Crippen molar-refractivity contribution in [2.24, 2.45) is 0 Å². The van der Waals surface area contributed by atoms with E-state index in [9.17, 15) is 14.4 Å². The molecule has 0 aliphatic carbocycles. The van der Waals surface area contributed by atoms with Gasteiger partial charge >= 0.3 is 17.9 Å². The van der Waals surface area contributed by atoms with E-state index < -0.39 is 6.10 Å². The summed E-state index contributed by atoms with van der Waals surface area (Å²) in [5.41, 5.74) is 0. The van der Waals surface area contributed by atoms with Crippen LogP contribution in [0.4, 0.5) is 0 Å². The van der Waals surface area contributed by atoms with E-state index >= 15 is 0 Å². The van der Waals surface area contributed by atoms with Gasteiger partial charge in [0.05, 0.1) is 0 Å². The summed E-state index contributed by atoms with van der Waals surface area (Å²) in [6.07, 6.45) is 77.2. The van der Waals surface area contributed by atoms with Gasteiger partial charge in [-0.2, -0.15) is 0 Å². The lowest BCUT2D eigenvalue weighted by molar-refractivity contribution is -0.167. The van der Waals surface area contributed by atoms with Crippen LogP contribution in [0.5, 0.6) is 0 Å². The van der Waals surface area contributed by atoms with Crippen molar-refractivity contribution >= 4 is 17.9 Å². The molecule has 0 aromatic carbocycles. The van der Waals surface area contributed by atoms with E-state index in [-0.39, 0.29) is 31.1 Å². The molecule has 0 amide bonds. The molecule has 0 saturated heterocycles. The molecule has 6 nitrogen and oxygen atoms in total. The van der Waals surface area contributed by atoms with Crippen LogP contribution in [-0.4, -0.2) is 37.2 Å². The van der Waals surface area contributed by atoms with Crippen molar-refractivity contribution < 1.29 is 28.6 Å². The van der Waals surface area contributed by atoms with Crippen LogP contribution < -0.4 is 0 Å². The van der Waals surface area contributed by atoms with E-state index in [0.29, 0.717) is 19.3 Å².